The van der Waals surface area contributed by atoms with E-state index in [0.717, 1.165) is 12.7 Å². The summed E-state index contributed by atoms with van der Waals surface area (Å²) in [5.41, 5.74) is 0.809. The van der Waals surface area contributed by atoms with Gasteiger partial charge in [0.25, 0.3) is 6.36 Å². The van der Waals surface area contributed by atoms with Crippen molar-refractivity contribution in [3.8, 4) is 0 Å². The summed E-state index contributed by atoms with van der Waals surface area (Å²) in [6, 6.07) is 9.04. The highest BCUT2D eigenvalue weighted by molar-refractivity contribution is 5.72. The van der Waals surface area contributed by atoms with Crippen molar-refractivity contribution in [3.05, 3.63) is 35.9 Å². The largest absolute Gasteiger partial charge is 0.457 e. The SMILES string of the molecule is COC(F)C(=O)OCc1ccccc1. The predicted molar refractivity (Wildman–Crippen MR) is 48.1 cm³/mol. The highest BCUT2D eigenvalue weighted by Gasteiger charge is 2.17. The predicted octanol–water partition coefficient (Wildman–Crippen LogP) is 1.67. The van der Waals surface area contributed by atoms with Crippen molar-refractivity contribution in [1.29, 1.82) is 0 Å². The molecule has 1 aromatic carbocycles. The molecule has 1 aromatic rings. The lowest BCUT2D eigenvalue weighted by atomic mass is 10.2. The molecule has 1 atom stereocenters. The number of hydrogen-bond acceptors (Lipinski definition) is 3. The van der Waals surface area contributed by atoms with Crippen LogP contribution in [0.3, 0.4) is 0 Å². The fourth-order valence-electron chi connectivity index (χ4n) is 0.890. The van der Waals surface area contributed by atoms with Gasteiger partial charge in [0.1, 0.15) is 6.61 Å². The molecule has 0 bridgehead atoms. The van der Waals surface area contributed by atoms with Gasteiger partial charge in [0.05, 0.1) is 0 Å². The van der Waals surface area contributed by atoms with E-state index >= 15 is 0 Å². The van der Waals surface area contributed by atoms with Gasteiger partial charge in [0, 0.05) is 7.11 Å². The molecule has 0 saturated carbocycles. The summed E-state index contributed by atoms with van der Waals surface area (Å²) in [7, 11) is 1.11. The van der Waals surface area contributed by atoms with E-state index < -0.39 is 12.3 Å². The van der Waals surface area contributed by atoms with Crippen LogP contribution in [-0.4, -0.2) is 19.4 Å². The van der Waals surface area contributed by atoms with Crippen molar-refractivity contribution in [2.45, 2.75) is 13.0 Å². The Labute approximate surface area is 81.4 Å². The maximum atomic E-state index is 12.5. The summed E-state index contributed by atoms with van der Waals surface area (Å²) in [4.78, 5) is 10.8. The third-order valence-corrected chi connectivity index (χ3v) is 1.62. The number of hydrogen-bond donors (Lipinski definition) is 0. The van der Waals surface area contributed by atoms with Crippen LogP contribution in [0.1, 0.15) is 5.56 Å². The Morgan fingerprint density at radius 3 is 2.64 bits per heavy atom. The summed E-state index contributed by atoms with van der Waals surface area (Å²) in [6.07, 6.45) is -2.00. The number of ether oxygens (including phenoxy) is 2. The number of carbonyl (C=O) groups is 1. The molecule has 0 amide bonds. The molecular weight excluding hydrogens is 187 g/mol. The van der Waals surface area contributed by atoms with Crippen LogP contribution in [0.5, 0.6) is 0 Å². The van der Waals surface area contributed by atoms with Gasteiger partial charge in [-0.15, -0.1) is 0 Å². The van der Waals surface area contributed by atoms with Crippen molar-refractivity contribution in [1.82, 2.24) is 0 Å². The molecule has 3 nitrogen and oxygen atoms in total. The monoisotopic (exact) mass is 198 g/mol. The zero-order valence-corrected chi connectivity index (χ0v) is 7.77. The van der Waals surface area contributed by atoms with E-state index in [2.05, 4.69) is 9.47 Å². The van der Waals surface area contributed by atoms with Crippen LogP contribution < -0.4 is 0 Å². The molecule has 0 aliphatic heterocycles. The van der Waals surface area contributed by atoms with Gasteiger partial charge in [0.2, 0.25) is 0 Å². The third kappa shape index (κ3) is 3.14. The normalized spacial score (nSPS) is 12.1. The van der Waals surface area contributed by atoms with Crippen LogP contribution in [0, 0.1) is 0 Å². The molecule has 0 aliphatic carbocycles. The van der Waals surface area contributed by atoms with Crippen molar-refractivity contribution in [2.24, 2.45) is 0 Å². The highest BCUT2D eigenvalue weighted by Crippen LogP contribution is 2.03. The quantitative estimate of drug-likeness (QED) is 0.690. The van der Waals surface area contributed by atoms with E-state index in [9.17, 15) is 9.18 Å². The van der Waals surface area contributed by atoms with Gasteiger partial charge in [-0.3, -0.25) is 0 Å². The first-order valence-corrected chi connectivity index (χ1v) is 4.11. The van der Waals surface area contributed by atoms with E-state index in [-0.39, 0.29) is 6.61 Å². The number of methoxy groups -OCH3 is 1. The summed E-state index contributed by atoms with van der Waals surface area (Å²) >= 11 is 0. The molecule has 76 valence electrons. The van der Waals surface area contributed by atoms with Crippen LogP contribution >= 0.6 is 0 Å². The minimum absolute atomic E-state index is 0.0590. The molecule has 0 saturated heterocycles. The summed E-state index contributed by atoms with van der Waals surface area (Å²) in [5.74, 6) is -1.00. The number of esters is 1. The van der Waals surface area contributed by atoms with E-state index in [0.29, 0.717) is 0 Å². The van der Waals surface area contributed by atoms with Gasteiger partial charge in [-0.1, -0.05) is 30.3 Å². The first-order chi connectivity index (χ1) is 6.74. The van der Waals surface area contributed by atoms with Crippen LogP contribution in [0.2, 0.25) is 0 Å². The average Bonchev–Trinajstić information content (AvgIpc) is 2.26. The Hall–Kier alpha value is -1.42. The Balaban J connectivity index is 2.38. The molecule has 4 heteroatoms. The Bertz CT molecular complexity index is 287. The van der Waals surface area contributed by atoms with E-state index in [4.69, 9.17) is 0 Å². The van der Waals surface area contributed by atoms with Gasteiger partial charge < -0.3 is 9.47 Å². The van der Waals surface area contributed by atoms with Gasteiger partial charge >= 0.3 is 5.97 Å². The van der Waals surface area contributed by atoms with Crippen molar-refractivity contribution >= 4 is 5.97 Å². The van der Waals surface area contributed by atoms with E-state index in [1.165, 1.54) is 0 Å². The van der Waals surface area contributed by atoms with E-state index in [1.54, 1.807) is 12.1 Å². The molecule has 0 radical (unpaired) electrons. The van der Waals surface area contributed by atoms with Crippen LogP contribution in [0.15, 0.2) is 30.3 Å². The highest BCUT2D eigenvalue weighted by atomic mass is 19.1. The smallest absolute Gasteiger partial charge is 0.369 e. The summed E-state index contributed by atoms with van der Waals surface area (Å²) in [5, 5.41) is 0. The summed E-state index contributed by atoms with van der Waals surface area (Å²) < 4.78 is 21.3. The number of rotatable bonds is 4. The fourth-order valence-corrected chi connectivity index (χ4v) is 0.890. The second-order valence-electron chi connectivity index (χ2n) is 2.65. The Morgan fingerprint density at radius 2 is 2.07 bits per heavy atom. The van der Waals surface area contributed by atoms with E-state index in [1.807, 2.05) is 18.2 Å². The van der Waals surface area contributed by atoms with Gasteiger partial charge in [-0.2, -0.15) is 0 Å². The second-order valence-corrected chi connectivity index (χ2v) is 2.65. The zero-order chi connectivity index (χ0) is 10.4. The second kappa shape index (κ2) is 5.34. The first kappa shape index (κ1) is 10.7. The molecule has 0 fully saturated rings. The molecule has 0 N–H and O–H groups in total. The lowest BCUT2D eigenvalue weighted by molar-refractivity contribution is -0.167. The number of halogens is 1. The molecule has 0 aliphatic rings. The molecule has 0 heterocycles. The molecular formula is C10H11FO3. The number of carbonyl (C=O) groups excluding carboxylic acids is 1. The topological polar surface area (TPSA) is 35.5 Å². The van der Waals surface area contributed by atoms with Crippen LogP contribution in [-0.2, 0) is 20.9 Å². The van der Waals surface area contributed by atoms with Gasteiger partial charge in [0.15, 0.2) is 0 Å². The Morgan fingerprint density at radius 1 is 1.43 bits per heavy atom. The summed E-state index contributed by atoms with van der Waals surface area (Å²) in [6.45, 7) is 0.0590. The number of alkyl halides is 1. The molecule has 1 unspecified atom stereocenters. The lowest BCUT2D eigenvalue weighted by Gasteiger charge is -2.06. The van der Waals surface area contributed by atoms with Gasteiger partial charge in [-0.25, -0.2) is 9.18 Å². The molecule has 14 heavy (non-hydrogen) atoms. The molecule has 0 aromatic heterocycles. The molecule has 0 spiro atoms. The molecule has 1 rings (SSSR count). The fraction of sp³-hybridized carbons (Fsp3) is 0.300. The standard InChI is InChI=1S/C10H11FO3/c1-13-9(11)10(12)14-7-8-5-3-2-4-6-8/h2-6,9H,7H2,1H3. The van der Waals surface area contributed by atoms with Crippen molar-refractivity contribution in [2.75, 3.05) is 7.11 Å². The van der Waals surface area contributed by atoms with Crippen molar-refractivity contribution < 1.29 is 18.7 Å². The maximum absolute atomic E-state index is 12.5. The van der Waals surface area contributed by atoms with Crippen LogP contribution in [0.4, 0.5) is 4.39 Å². The first-order valence-electron chi connectivity index (χ1n) is 4.11. The zero-order valence-electron chi connectivity index (χ0n) is 7.77. The minimum atomic E-state index is -2.00. The Kier molecular flexibility index (Phi) is 4.07. The lowest BCUT2D eigenvalue weighted by Crippen LogP contribution is -2.20. The average molecular weight is 198 g/mol. The number of benzene rings is 1. The van der Waals surface area contributed by atoms with Crippen molar-refractivity contribution in [3.63, 3.8) is 0 Å². The maximum Gasteiger partial charge on any atom is 0.369 e. The van der Waals surface area contributed by atoms with Crippen LogP contribution in [0.25, 0.3) is 0 Å². The third-order valence-electron chi connectivity index (χ3n) is 1.62. The minimum Gasteiger partial charge on any atom is -0.457 e. The van der Waals surface area contributed by atoms with Gasteiger partial charge in [-0.05, 0) is 5.56 Å².